The quantitative estimate of drug-likeness (QED) is 0.597. The number of carbonyl (C=O) groups excluding carboxylic acids is 2. The summed E-state index contributed by atoms with van der Waals surface area (Å²) in [6.45, 7) is 1.84. The van der Waals surface area contributed by atoms with Gasteiger partial charge >= 0.3 is 5.97 Å². The molecule has 0 aliphatic carbocycles. The number of benzene rings is 2. The predicted molar refractivity (Wildman–Crippen MR) is 122 cm³/mol. The second-order valence-electron chi connectivity index (χ2n) is 7.56. The Morgan fingerprint density at radius 2 is 1.81 bits per heavy atom. The van der Waals surface area contributed by atoms with E-state index in [1.165, 1.54) is 12.7 Å². The highest BCUT2D eigenvalue weighted by molar-refractivity contribution is 7.99. The van der Waals surface area contributed by atoms with Gasteiger partial charge in [-0.05, 0) is 30.2 Å². The van der Waals surface area contributed by atoms with E-state index in [4.69, 9.17) is 16.3 Å². The molecule has 1 amide bonds. The molecule has 0 aromatic heterocycles. The average molecular weight is 458 g/mol. The van der Waals surface area contributed by atoms with Crippen LogP contribution < -0.4 is 16.0 Å². The van der Waals surface area contributed by atoms with Crippen LogP contribution >= 0.6 is 23.4 Å². The van der Waals surface area contributed by atoms with Crippen LogP contribution in [0.25, 0.3) is 0 Å². The minimum atomic E-state index is -0.521. The van der Waals surface area contributed by atoms with E-state index in [1.807, 2.05) is 37.3 Å². The van der Waals surface area contributed by atoms with Crippen LogP contribution in [0.4, 0.5) is 0 Å². The van der Waals surface area contributed by atoms with Gasteiger partial charge in [0, 0.05) is 22.4 Å². The zero-order valence-corrected chi connectivity index (χ0v) is 18.8. The Labute approximate surface area is 190 Å². The zero-order chi connectivity index (χ0) is 22.0. The molecule has 1 fully saturated rings. The van der Waals surface area contributed by atoms with Gasteiger partial charge in [-0.3, -0.25) is 10.1 Å². The van der Waals surface area contributed by atoms with Gasteiger partial charge in [0.1, 0.15) is 5.50 Å². The van der Waals surface area contributed by atoms with Crippen LogP contribution in [-0.4, -0.2) is 30.6 Å². The Morgan fingerprint density at radius 1 is 1.10 bits per heavy atom. The molecule has 0 saturated carbocycles. The van der Waals surface area contributed by atoms with Crippen LogP contribution in [0.1, 0.15) is 24.0 Å². The molecule has 8 heteroatoms. The lowest BCUT2D eigenvalue weighted by Gasteiger charge is -2.45. The van der Waals surface area contributed by atoms with Gasteiger partial charge in [0.25, 0.3) is 0 Å². The minimum absolute atomic E-state index is 0.115. The van der Waals surface area contributed by atoms with E-state index in [2.05, 4.69) is 28.1 Å². The number of rotatable bonds is 5. The van der Waals surface area contributed by atoms with Crippen molar-refractivity contribution in [1.29, 1.82) is 0 Å². The highest BCUT2D eigenvalue weighted by Crippen LogP contribution is 2.41. The molecule has 2 aliphatic heterocycles. The summed E-state index contributed by atoms with van der Waals surface area (Å²) in [5.74, 6) is -0.775. The normalized spacial score (nSPS) is 25.3. The van der Waals surface area contributed by atoms with Gasteiger partial charge in [-0.2, -0.15) is 0 Å². The summed E-state index contributed by atoms with van der Waals surface area (Å²) in [5.41, 5.74) is 2.93. The Morgan fingerprint density at radius 3 is 2.48 bits per heavy atom. The number of hydrogen-bond donors (Lipinski definition) is 3. The number of amides is 1. The molecule has 0 spiro atoms. The molecule has 2 heterocycles. The molecule has 31 heavy (non-hydrogen) atoms. The van der Waals surface area contributed by atoms with Gasteiger partial charge in [-0.15, -0.1) is 11.8 Å². The first-order valence-electron chi connectivity index (χ1n) is 10.0. The highest BCUT2D eigenvalue weighted by atomic mass is 35.5. The van der Waals surface area contributed by atoms with E-state index in [9.17, 15) is 9.59 Å². The van der Waals surface area contributed by atoms with Crippen molar-refractivity contribution in [2.24, 2.45) is 5.92 Å². The number of methoxy groups -OCH3 is 1. The fourth-order valence-corrected chi connectivity index (χ4v) is 5.28. The van der Waals surface area contributed by atoms with E-state index in [1.54, 1.807) is 23.9 Å². The molecule has 4 atom stereocenters. The summed E-state index contributed by atoms with van der Waals surface area (Å²) in [4.78, 5) is 25.9. The summed E-state index contributed by atoms with van der Waals surface area (Å²) in [5, 5.41) is 10.5. The van der Waals surface area contributed by atoms with Crippen molar-refractivity contribution >= 4 is 35.2 Å². The largest absolute Gasteiger partial charge is 0.466 e. The number of nitrogens with one attached hydrogen (secondary N) is 3. The molecular weight excluding hydrogens is 434 g/mol. The Kier molecular flexibility index (Phi) is 6.55. The van der Waals surface area contributed by atoms with Crippen LogP contribution in [0.3, 0.4) is 0 Å². The van der Waals surface area contributed by atoms with Crippen molar-refractivity contribution in [3.05, 3.63) is 82.0 Å². The molecule has 4 unspecified atom stereocenters. The average Bonchev–Trinajstić information content (AvgIpc) is 2.77. The standard InChI is InChI=1S/C23H24ClN3O3S/c1-13-17(22(29)30-2)18(15-8-10-16(24)11-9-15)19-20(25-13)26-23(27-21(19)28)31-12-14-6-4-3-5-7-14/h3-11,18-20,23,25-26H,12H2,1-2H3,(H,27,28). The zero-order valence-electron chi connectivity index (χ0n) is 17.2. The number of fused-ring (bicyclic) bond motifs is 1. The van der Waals surface area contributed by atoms with Gasteiger partial charge in [0.15, 0.2) is 0 Å². The van der Waals surface area contributed by atoms with Crippen LogP contribution in [-0.2, 0) is 20.1 Å². The summed E-state index contributed by atoms with van der Waals surface area (Å²) < 4.78 is 5.04. The third kappa shape index (κ3) is 4.59. The van der Waals surface area contributed by atoms with E-state index >= 15 is 0 Å². The van der Waals surface area contributed by atoms with Crippen molar-refractivity contribution in [2.75, 3.05) is 7.11 Å². The number of ether oxygens (including phenoxy) is 1. The maximum Gasteiger partial charge on any atom is 0.336 e. The van der Waals surface area contributed by atoms with Crippen molar-refractivity contribution in [3.8, 4) is 0 Å². The maximum atomic E-state index is 13.3. The molecule has 2 aromatic rings. The molecule has 3 N–H and O–H groups in total. The second-order valence-corrected chi connectivity index (χ2v) is 9.09. The Hall–Kier alpha value is -2.48. The smallest absolute Gasteiger partial charge is 0.336 e. The van der Waals surface area contributed by atoms with Gasteiger partial charge in [0.2, 0.25) is 5.91 Å². The lowest BCUT2D eigenvalue weighted by molar-refractivity contribution is -0.137. The first kappa shape index (κ1) is 21.7. The number of carbonyl (C=O) groups is 2. The van der Waals surface area contributed by atoms with Crippen LogP contribution in [0.2, 0.25) is 5.02 Å². The first-order valence-corrected chi connectivity index (χ1v) is 11.4. The van der Waals surface area contributed by atoms with E-state index in [-0.39, 0.29) is 17.6 Å². The number of thioether (sulfide) groups is 1. The molecular formula is C23H24ClN3O3S. The Bertz CT molecular complexity index is 997. The highest BCUT2D eigenvalue weighted by Gasteiger charge is 2.48. The van der Waals surface area contributed by atoms with Crippen molar-refractivity contribution < 1.29 is 14.3 Å². The van der Waals surface area contributed by atoms with E-state index < -0.39 is 17.8 Å². The topological polar surface area (TPSA) is 79.5 Å². The van der Waals surface area contributed by atoms with Gasteiger partial charge in [-0.25, -0.2) is 4.79 Å². The third-order valence-electron chi connectivity index (χ3n) is 5.61. The number of esters is 1. The van der Waals surface area contributed by atoms with Gasteiger partial charge in [0.05, 0.1) is 24.8 Å². The van der Waals surface area contributed by atoms with Gasteiger partial charge < -0.3 is 15.4 Å². The fourth-order valence-electron chi connectivity index (χ4n) is 4.16. The number of allylic oxidation sites excluding steroid dienone is 1. The number of hydrogen-bond acceptors (Lipinski definition) is 6. The second kappa shape index (κ2) is 9.34. The maximum absolute atomic E-state index is 13.3. The van der Waals surface area contributed by atoms with Crippen LogP contribution in [0, 0.1) is 5.92 Å². The molecule has 0 bridgehead atoms. The Balaban J connectivity index is 1.61. The molecule has 0 radical (unpaired) electrons. The summed E-state index contributed by atoms with van der Waals surface area (Å²) >= 11 is 7.68. The fraction of sp³-hybridized carbons (Fsp3) is 0.304. The summed E-state index contributed by atoms with van der Waals surface area (Å²) in [7, 11) is 1.35. The van der Waals surface area contributed by atoms with E-state index in [0.29, 0.717) is 16.3 Å². The van der Waals surface area contributed by atoms with Crippen LogP contribution in [0.15, 0.2) is 65.9 Å². The van der Waals surface area contributed by atoms with Crippen LogP contribution in [0.5, 0.6) is 0 Å². The predicted octanol–water partition coefficient (Wildman–Crippen LogP) is 3.35. The minimum Gasteiger partial charge on any atom is -0.466 e. The first-order chi connectivity index (χ1) is 15.0. The lowest BCUT2D eigenvalue weighted by atomic mass is 9.74. The van der Waals surface area contributed by atoms with Crippen molar-refractivity contribution in [3.63, 3.8) is 0 Å². The van der Waals surface area contributed by atoms with Crippen molar-refractivity contribution in [1.82, 2.24) is 16.0 Å². The summed E-state index contributed by atoms with van der Waals surface area (Å²) in [6.07, 6.45) is -0.323. The third-order valence-corrected chi connectivity index (χ3v) is 6.95. The van der Waals surface area contributed by atoms with Gasteiger partial charge in [-0.1, -0.05) is 54.1 Å². The SMILES string of the molecule is COC(=O)C1=C(C)NC2NC(SCc3ccccc3)NC(=O)C2C1c1ccc(Cl)cc1. The monoisotopic (exact) mass is 457 g/mol. The lowest BCUT2D eigenvalue weighted by Crippen LogP contribution is -2.67. The van der Waals surface area contributed by atoms with E-state index in [0.717, 1.165) is 11.3 Å². The van der Waals surface area contributed by atoms with Crippen molar-refractivity contribution in [2.45, 2.75) is 30.3 Å². The molecule has 2 aliphatic rings. The molecule has 4 rings (SSSR count). The summed E-state index contributed by atoms with van der Waals surface area (Å²) in [6, 6.07) is 17.4. The molecule has 2 aromatic carbocycles. The molecule has 1 saturated heterocycles. The molecule has 162 valence electrons. The number of halogens is 1. The molecule has 6 nitrogen and oxygen atoms in total.